The maximum Gasteiger partial charge on any atom is 0.222 e. The summed E-state index contributed by atoms with van der Waals surface area (Å²) >= 11 is 0. The highest BCUT2D eigenvalue weighted by atomic mass is 16.5. The molecule has 3 aromatic rings. The molecule has 0 radical (unpaired) electrons. The van der Waals surface area contributed by atoms with E-state index in [0.29, 0.717) is 13.0 Å². The fourth-order valence-electron chi connectivity index (χ4n) is 4.19. The van der Waals surface area contributed by atoms with Crippen molar-refractivity contribution < 1.29 is 9.53 Å². The second-order valence-electron chi connectivity index (χ2n) is 7.92. The van der Waals surface area contributed by atoms with E-state index in [1.807, 2.05) is 47.4 Å². The van der Waals surface area contributed by atoms with E-state index in [1.54, 1.807) is 13.3 Å². The predicted octanol–water partition coefficient (Wildman–Crippen LogP) is 4.07. The van der Waals surface area contributed by atoms with Crippen molar-refractivity contribution in [3.63, 3.8) is 0 Å². The molecule has 6 heteroatoms. The van der Waals surface area contributed by atoms with Crippen molar-refractivity contribution in [2.24, 2.45) is 0 Å². The quantitative estimate of drug-likeness (QED) is 0.655. The number of hydrogen-bond donors (Lipinski definition) is 1. The molecule has 1 fully saturated rings. The van der Waals surface area contributed by atoms with E-state index >= 15 is 0 Å². The van der Waals surface area contributed by atoms with Crippen LogP contribution in [0.3, 0.4) is 0 Å². The zero-order chi connectivity index (χ0) is 21.6. The van der Waals surface area contributed by atoms with Crippen LogP contribution in [0.5, 0.6) is 5.75 Å². The number of nitrogens with two attached hydrogens (primary N) is 1. The lowest BCUT2D eigenvalue weighted by atomic mass is 9.89. The average Bonchev–Trinajstić information content (AvgIpc) is 2.83. The summed E-state index contributed by atoms with van der Waals surface area (Å²) in [7, 11) is 1.65. The van der Waals surface area contributed by atoms with Crippen LogP contribution in [0.2, 0.25) is 0 Å². The van der Waals surface area contributed by atoms with Gasteiger partial charge in [0.15, 0.2) is 0 Å². The van der Waals surface area contributed by atoms with E-state index in [4.69, 9.17) is 10.5 Å². The van der Waals surface area contributed by atoms with Gasteiger partial charge in [0.25, 0.3) is 0 Å². The third-order valence-corrected chi connectivity index (χ3v) is 5.87. The summed E-state index contributed by atoms with van der Waals surface area (Å²) in [6.07, 6.45) is 5.00. The van der Waals surface area contributed by atoms with Crippen molar-refractivity contribution in [2.45, 2.75) is 31.6 Å². The molecule has 1 saturated heterocycles. The van der Waals surface area contributed by atoms with Gasteiger partial charge in [-0.15, -0.1) is 0 Å². The minimum atomic E-state index is 0.136. The SMILES string of the molecule is COc1ccc(-c2cnc(N)nc2[C@@H]2CCCN(C(=O)CCc3ccccc3)C2)cc1. The van der Waals surface area contributed by atoms with Gasteiger partial charge in [-0.05, 0) is 42.5 Å². The van der Waals surface area contributed by atoms with Crippen molar-refractivity contribution >= 4 is 11.9 Å². The molecule has 1 aliphatic heterocycles. The first kappa shape index (κ1) is 20.8. The standard InChI is InChI=1S/C25H28N4O2/c1-31-21-12-10-19(11-13-21)22-16-27-25(26)28-24(22)20-8-5-15-29(17-20)23(30)14-9-18-6-3-2-4-7-18/h2-4,6-7,10-13,16,20H,5,8-9,14-15,17H2,1H3,(H2,26,27,28)/t20-/m1/s1. The van der Waals surface area contributed by atoms with Gasteiger partial charge in [-0.25, -0.2) is 9.97 Å². The molecule has 2 N–H and O–H groups in total. The minimum absolute atomic E-state index is 0.136. The van der Waals surface area contributed by atoms with Crippen LogP contribution < -0.4 is 10.5 Å². The molecule has 1 aliphatic rings. The predicted molar refractivity (Wildman–Crippen MR) is 122 cm³/mol. The van der Waals surface area contributed by atoms with Gasteiger partial charge in [-0.3, -0.25) is 4.79 Å². The smallest absolute Gasteiger partial charge is 0.222 e. The fraction of sp³-hybridized carbons (Fsp3) is 0.320. The number of aryl methyl sites for hydroxylation is 1. The lowest BCUT2D eigenvalue weighted by Crippen LogP contribution is -2.39. The molecule has 1 aromatic heterocycles. The van der Waals surface area contributed by atoms with Crippen LogP contribution in [0.15, 0.2) is 60.8 Å². The monoisotopic (exact) mass is 416 g/mol. The number of ether oxygens (including phenoxy) is 1. The molecule has 2 aromatic carbocycles. The summed E-state index contributed by atoms with van der Waals surface area (Å²) in [6.45, 7) is 1.45. The van der Waals surface area contributed by atoms with Crippen molar-refractivity contribution in [1.82, 2.24) is 14.9 Å². The van der Waals surface area contributed by atoms with Crippen LogP contribution in [-0.4, -0.2) is 41.0 Å². The summed E-state index contributed by atoms with van der Waals surface area (Å²) in [5.41, 5.74) is 10.0. The number of piperidine rings is 1. The number of carbonyl (C=O) groups excluding carboxylic acids is 1. The van der Waals surface area contributed by atoms with Crippen LogP contribution >= 0.6 is 0 Å². The number of rotatable bonds is 6. The molecule has 1 atom stereocenters. The Balaban J connectivity index is 1.51. The van der Waals surface area contributed by atoms with E-state index < -0.39 is 0 Å². The van der Waals surface area contributed by atoms with Gasteiger partial charge in [0.05, 0.1) is 12.8 Å². The van der Waals surface area contributed by atoms with Crippen LogP contribution in [0, 0.1) is 0 Å². The van der Waals surface area contributed by atoms with Crippen LogP contribution in [0.25, 0.3) is 11.1 Å². The first-order valence-corrected chi connectivity index (χ1v) is 10.7. The Morgan fingerprint density at radius 1 is 1.16 bits per heavy atom. The molecule has 0 saturated carbocycles. The number of carbonyl (C=O) groups is 1. The zero-order valence-corrected chi connectivity index (χ0v) is 17.8. The number of anilines is 1. The van der Waals surface area contributed by atoms with Gasteiger partial charge >= 0.3 is 0 Å². The molecule has 0 bridgehead atoms. The molecular weight excluding hydrogens is 388 g/mol. The third-order valence-electron chi connectivity index (χ3n) is 5.87. The molecular formula is C25H28N4O2. The molecule has 4 rings (SSSR count). The number of nitrogen functional groups attached to an aromatic ring is 1. The molecule has 1 amide bonds. The highest BCUT2D eigenvalue weighted by Crippen LogP contribution is 2.34. The van der Waals surface area contributed by atoms with Gasteiger partial charge in [-0.1, -0.05) is 42.5 Å². The van der Waals surface area contributed by atoms with Crippen LogP contribution in [0.1, 0.15) is 36.4 Å². The number of benzene rings is 2. The number of hydrogen-bond acceptors (Lipinski definition) is 5. The second kappa shape index (κ2) is 9.60. The zero-order valence-electron chi connectivity index (χ0n) is 17.8. The van der Waals surface area contributed by atoms with Crippen molar-refractivity contribution in [2.75, 3.05) is 25.9 Å². The topological polar surface area (TPSA) is 81.3 Å². The van der Waals surface area contributed by atoms with Gasteiger partial charge in [0.2, 0.25) is 11.9 Å². The molecule has 0 unspecified atom stereocenters. The summed E-state index contributed by atoms with van der Waals surface area (Å²) < 4.78 is 5.27. The number of nitrogens with zero attached hydrogens (tertiary/aromatic N) is 3. The molecule has 6 nitrogen and oxygen atoms in total. The van der Waals surface area contributed by atoms with E-state index in [0.717, 1.165) is 48.4 Å². The number of amides is 1. The molecule has 160 valence electrons. The summed E-state index contributed by atoms with van der Waals surface area (Å²) in [4.78, 5) is 23.7. The number of methoxy groups -OCH3 is 1. The van der Waals surface area contributed by atoms with E-state index in [-0.39, 0.29) is 17.8 Å². The van der Waals surface area contributed by atoms with Gasteiger partial charge in [0.1, 0.15) is 5.75 Å². The largest absolute Gasteiger partial charge is 0.497 e. The van der Waals surface area contributed by atoms with E-state index in [9.17, 15) is 4.79 Å². The highest BCUT2D eigenvalue weighted by Gasteiger charge is 2.28. The average molecular weight is 417 g/mol. The van der Waals surface area contributed by atoms with Gasteiger partial charge in [0, 0.05) is 37.2 Å². The normalized spacial score (nSPS) is 16.2. The fourth-order valence-corrected chi connectivity index (χ4v) is 4.19. The first-order valence-electron chi connectivity index (χ1n) is 10.7. The Morgan fingerprint density at radius 3 is 2.68 bits per heavy atom. The summed E-state index contributed by atoms with van der Waals surface area (Å²) in [6, 6.07) is 18.0. The molecule has 0 aliphatic carbocycles. The first-order chi connectivity index (χ1) is 15.1. The molecule has 2 heterocycles. The van der Waals surface area contributed by atoms with Crippen LogP contribution in [-0.2, 0) is 11.2 Å². The van der Waals surface area contributed by atoms with Crippen molar-refractivity contribution in [3.05, 3.63) is 72.1 Å². The Labute approximate surface area is 183 Å². The van der Waals surface area contributed by atoms with Gasteiger partial charge < -0.3 is 15.4 Å². The lowest BCUT2D eigenvalue weighted by Gasteiger charge is -2.33. The van der Waals surface area contributed by atoms with E-state index in [2.05, 4.69) is 22.1 Å². The summed E-state index contributed by atoms with van der Waals surface area (Å²) in [5, 5.41) is 0. The maximum absolute atomic E-state index is 12.9. The number of aromatic nitrogens is 2. The van der Waals surface area contributed by atoms with Crippen molar-refractivity contribution in [3.8, 4) is 16.9 Å². The highest BCUT2D eigenvalue weighted by molar-refractivity contribution is 5.77. The number of likely N-dealkylation sites (tertiary alicyclic amines) is 1. The Bertz CT molecular complexity index is 1020. The third kappa shape index (κ3) is 5.02. The van der Waals surface area contributed by atoms with E-state index in [1.165, 1.54) is 5.56 Å². The minimum Gasteiger partial charge on any atom is -0.497 e. The Hall–Kier alpha value is -3.41. The van der Waals surface area contributed by atoms with Gasteiger partial charge in [-0.2, -0.15) is 0 Å². The Morgan fingerprint density at radius 2 is 1.94 bits per heavy atom. The Kier molecular flexibility index (Phi) is 6.46. The maximum atomic E-state index is 12.9. The second-order valence-corrected chi connectivity index (χ2v) is 7.92. The van der Waals surface area contributed by atoms with Crippen molar-refractivity contribution in [1.29, 1.82) is 0 Å². The van der Waals surface area contributed by atoms with Crippen LogP contribution in [0.4, 0.5) is 5.95 Å². The lowest BCUT2D eigenvalue weighted by molar-refractivity contribution is -0.132. The molecule has 0 spiro atoms. The molecule has 31 heavy (non-hydrogen) atoms. The summed E-state index contributed by atoms with van der Waals surface area (Å²) in [5.74, 6) is 1.40.